The summed E-state index contributed by atoms with van der Waals surface area (Å²) in [5, 5.41) is 0. The minimum atomic E-state index is 0.965. The second kappa shape index (κ2) is 5.13. The van der Waals surface area contributed by atoms with Crippen molar-refractivity contribution in [1.29, 1.82) is 0 Å². The van der Waals surface area contributed by atoms with E-state index in [9.17, 15) is 0 Å². The zero-order chi connectivity index (χ0) is 8.81. The number of hydrogen-bond donors (Lipinski definition) is 0. The molecule has 0 atom stereocenters. The number of allylic oxidation sites excluding steroid dienone is 1. The summed E-state index contributed by atoms with van der Waals surface area (Å²) in [4.78, 5) is 4.31. The van der Waals surface area contributed by atoms with E-state index in [-0.39, 0.29) is 0 Å². The molecule has 1 nitrogen and oxygen atoms in total. The van der Waals surface area contributed by atoms with E-state index in [1.807, 2.05) is 13.1 Å². The van der Waals surface area contributed by atoms with Gasteiger partial charge in [0.25, 0.3) is 0 Å². The summed E-state index contributed by atoms with van der Waals surface area (Å²) < 4.78 is 0. The fourth-order valence-electron chi connectivity index (χ4n) is 1.78. The van der Waals surface area contributed by atoms with Crippen molar-refractivity contribution in [2.24, 2.45) is 10.9 Å². The van der Waals surface area contributed by atoms with Crippen molar-refractivity contribution in [3.63, 3.8) is 0 Å². The first-order chi connectivity index (χ1) is 5.79. The summed E-state index contributed by atoms with van der Waals surface area (Å²) in [6, 6.07) is 0. The van der Waals surface area contributed by atoms with Gasteiger partial charge in [0.05, 0.1) is 0 Å². The van der Waals surface area contributed by atoms with E-state index in [1.54, 1.807) is 0 Å². The predicted octanol–water partition coefficient (Wildman–Crippen LogP) is 3.21. The van der Waals surface area contributed by atoms with E-state index < -0.39 is 0 Å². The summed E-state index contributed by atoms with van der Waals surface area (Å²) in [6.07, 6.45) is 8.91. The molecule has 0 aliphatic heterocycles. The second-order valence-corrected chi connectivity index (χ2v) is 3.82. The van der Waals surface area contributed by atoms with Crippen LogP contribution in [0.15, 0.2) is 17.1 Å². The molecule has 0 aromatic rings. The first-order valence-electron chi connectivity index (χ1n) is 4.94. The lowest BCUT2D eigenvalue weighted by Gasteiger charge is -2.04. The molecule has 1 fully saturated rings. The van der Waals surface area contributed by atoms with Crippen LogP contribution in [0, 0.1) is 5.92 Å². The molecule has 68 valence electrons. The molecule has 0 amide bonds. The van der Waals surface area contributed by atoms with Crippen molar-refractivity contribution in [1.82, 2.24) is 0 Å². The van der Waals surface area contributed by atoms with Crippen LogP contribution < -0.4 is 0 Å². The molecule has 0 bridgehead atoms. The SMILES string of the molecule is C=C(C)C=NCCC1CCCC1. The highest BCUT2D eigenvalue weighted by molar-refractivity contribution is 5.76. The molecular formula is C11H19N. The van der Waals surface area contributed by atoms with Crippen LogP contribution in [0.3, 0.4) is 0 Å². The van der Waals surface area contributed by atoms with Crippen LogP contribution in [-0.4, -0.2) is 12.8 Å². The average molecular weight is 165 g/mol. The summed E-state index contributed by atoms with van der Waals surface area (Å²) >= 11 is 0. The first kappa shape index (κ1) is 9.50. The van der Waals surface area contributed by atoms with Crippen LogP contribution in [-0.2, 0) is 0 Å². The molecule has 0 heterocycles. The van der Waals surface area contributed by atoms with Crippen LogP contribution in [0.4, 0.5) is 0 Å². The Balaban J connectivity index is 2.05. The van der Waals surface area contributed by atoms with E-state index in [0.717, 1.165) is 18.0 Å². The van der Waals surface area contributed by atoms with Gasteiger partial charge in [-0.3, -0.25) is 4.99 Å². The van der Waals surface area contributed by atoms with E-state index >= 15 is 0 Å². The number of hydrogen-bond acceptors (Lipinski definition) is 1. The van der Waals surface area contributed by atoms with Crippen molar-refractivity contribution < 1.29 is 0 Å². The maximum atomic E-state index is 4.31. The Morgan fingerprint density at radius 2 is 2.17 bits per heavy atom. The van der Waals surface area contributed by atoms with Gasteiger partial charge in [-0.2, -0.15) is 0 Å². The normalized spacial score (nSPS) is 19.1. The van der Waals surface area contributed by atoms with E-state index in [4.69, 9.17) is 0 Å². The number of rotatable bonds is 4. The fraction of sp³-hybridized carbons (Fsp3) is 0.727. The number of aliphatic imine (C=N–C) groups is 1. The lowest BCUT2D eigenvalue weighted by molar-refractivity contribution is 0.512. The Hall–Kier alpha value is -0.590. The van der Waals surface area contributed by atoms with Crippen molar-refractivity contribution in [3.8, 4) is 0 Å². The highest BCUT2D eigenvalue weighted by atomic mass is 14.7. The summed E-state index contributed by atoms with van der Waals surface area (Å²) in [5.41, 5.74) is 1.06. The lowest BCUT2D eigenvalue weighted by Crippen LogP contribution is -1.95. The molecular weight excluding hydrogens is 146 g/mol. The van der Waals surface area contributed by atoms with Crippen molar-refractivity contribution in [2.75, 3.05) is 6.54 Å². The second-order valence-electron chi connectivity index (χ2n) is 3.82. The summed E-state index contributed by atoms with van der Waals surface area (Å²) in [5.74, 6) is 0.965. The largest absolute Gasteiger partial charge is 0.293 e. The Bertz CT molecular complexity index is 164. The molecule has 1 aliphatic carbocycles. The third kappa shape index (κ3) is 3.70. The van der Waals surface area contributed by atoms with Crippen LogP contribution in [0.5, 0.6) is 0 Å². The van der Waals surface area contributed by atoms with Gasteiger partial charge in [-0.15, -0.1) is 0 Å². The van der Waals surface area contributed by atoms with Gasteiger partial charge in [0.1, 0.15) is 0 Å². The quantitative estimate of drug-likeness (QED) is 0.567. The molecule has 12 heavy (non-hydrogen) atoms. The summed E-state index contributed by atoms with van der Waals surface area (Å²) in [7, 11) is 0. The molecule has 0 N–H and O–H groups in total. The van der Waals surface area contributed by atoms with E-state index in [2.05, 4.69) is 11.6 Å². The molecule has 0 spiro atoms. The maximum absolute atomic E-state index is 4.31. The molecule has 0 unspecified atom stereocenters. The van der Waals surface area contributed by atoms with Crippen molar-refractivity contribution in [3.05, 3.63) is 12.2 Å². The first-order valence-corrected chi connectivity index (χ1v) is 4.94. The Labute approximate surface area is 75.6 Å². The van der Waals surface area contributed by atoms with Gasteiger partial charge in [0.15, 0.2) is 0 Å². The smallest absolute Gasteiger partial charge is 0.0392 e. The molecule has 0 radical (unpaired) electrons. The van der Waals surface area contributed by atoms with Crippen molar-refractivity contribution in [2.45, 2.75) is 39.0 Å². The molecule has 1 heteroatoms. The van der Waals surface area contributed by atoms with Crippen LogP contribution in [0.2, 0.25) is 0 Å². The Morgan fingerprint density at radius 3 is 2.75 bits per heavy atom. The van der Waals surface area contributed by atoms with Gasteiger partial charge in [0.2, 0.25) is 0 Å². The Kier molecular flexibility index (Phi) is 4.06. The van der Waals surface area contributed by atoms with Gasteiger partial charge in [0, 0.05) is 12.8 Å². The third-order valence-corrected chi connectivity index (χ3v) is 2.45. The van der Waals surface area contributed by atoms with Crippen molar-refractivity contribution >= 4 is 6.21 Å². The van der Waals surface area contributed by atoms with Crippen LogP contribution >= 0.6 is 0 Å². The van der Waals surface area contributed by atoms with Gasteiger partial charge in [-0.05, 0) is 24.8 Å². The predicted molar refractivity (Wildman–Crippen MR) is 54.7 cm³/mol. The monoisotopic (exact) mass is 165 g/mol. The highest BCUT2D eigenvalue weighted by Gasteiger charge is 2.13. The van der Waals surface area contributed by atoms with E-state index in [1.165, 1.54) is 32.1 Å². The molecule has 1 saturated carbocycles. The maximum Gasteiger partial charge on any atom is 0.0392 e. The zero-order valence-corrected chi connectivity index (χ0v) is 8.05. The molecule has 0 aromatic heterocycles. The lowest BCUT2D eigenvalue weighted by atomic mass is 10.0. The van der Waals surface area contributed by atoms with Crippen LogP contribution in [0.25, 0.3) is 0 Å². The minimum absolute atomic E-state index is 0.965. The van der Waals surface area contributed by atoms with Crippen LogP contribution in [0.1, 0.15) is 39.0 Å². The van der Waals surface area contributed by atoms with E-state index in [0.29, 0.717) is 0 Å². The molecule has 1 aliphatic rings. The zero-order valence-electron chi connectivity index (χ0n) is 8.05. The third-order valence-electron chi connectivity index (χ3n) is 2.45. The number of nitrogens with zero attached hydrogens (tertiary/aromatic N) is 1. The standard InChI is InChI=1S/C11H19N/c1-10(2)9-12-8-7-11-5-3-4-6-11/h9,11H,1,3-8H2,2H3. The van der Waals surface area contributed by atoms with Gasteiger partial charge >= 0.3 is 0 Å². The van der Waals surface area contributed by atoms with Gasteiger partial charge < -0.3 is 0 Å². The minimum Gasteiger partial charge on any atom is -0.293 e. The highest BCUT2D eigenvalue weighted by Crippen LogP contribution is 2.27. The molecule has 0 aromatic carbocycles. The molecule has 0 saturated heterocycles. The van der Waals surface area contributed by atoms with Gasteiger partial charge in [-0.25, -0.2) is 0 Å². The fourth-order valence-corrected chi connectivity index (χ4v) is 1.78. The summed E-state index contributed by atoms with van der Waals surface area (Å²) in [6.45, 7) is 6.76. The van der Waals surface area contributed by atoms with Gasteiger partial charge in [-0.1, -0.05) is 32.3 Å². The Morgan fingerprint density at radius 1 is 1.50 bits per heavy atom. The average Bonchev–Trinajstić information content (AvgIpc) is 2.49. The molecule has 1 rings (SSSR count). The topological polar surface area (TPSA) is 12.4 Å².